The fourth-order valence-corrected chi connectivity index (χ4v) is 2.93. The highest BCUT2D eigenvalue weighted by Gasteiger charge is 2.26. The molecule has 1 aromatic heterocycles. The fraction of sp³-hybridized carbons (Fsp3) is 0.579. The number of ketones is 1. The monoisotopic (exact) mass is 362 g/mol. The number of carbonyl (C=O) groups is 3. The molecule has 1 unspecified atom stereocenters. The minimum atomic E-state index is -0.490. The predicted octanol–water partition coefficient (Wildman–Crippen LogP) is 1.21. The van der Waals surface area contributed by atoms with Gasteiger partial charge in [-0.05, 0) is 37.9 Å². The molecule has 3 N–H and O–H groups in total. The van der Waals surface area contributed by atoms with E-state index >= 15 is 0 Å². The molecule has 1 saturated heterocycles. The largest absolute Gasteiger partial charge is 0.465 e. The normalized spacial score (nSPS) is 19.8. The first kappa shape index (κ1) is 20.2. The van der Waals surface area contributed by atoms with Crippen molar-refractivity contribution in [1.29, 1.82) is 0 Å². The lowest BCUT2D eigenvalue weighted by Crippen LogP contribution is -2.43. The molecule has 2 amide bonds. The number of nitrogens with one attached hydrogen (secondary N) is 1. The first-order chi connectivity index (χ1) is 12.4. The van der Waals surface area contributed by atoms with Gasteiger partial charge in [-0.3, -0.25) is 19.3 Å². The smallest absolute Gasteiger partial charge is 0.224 e. The number of hydrogen-bond acceptors (Lipinski definition) is 5. The minimum Gasteiger partial charge on any atom is -0.465 e. The molecule has 0 spiro atoms. The Morgan fingerprint density at radius 3 is 2.81 bits per heavy atom. The molecule has 7 nitrogen and oxygen atoms in total. The maximum Gasteiger partial charge on any atom is 0.224 e. The summed E-state index contributed by atoms with van der Waals surface area (Å²) in [5, 5.41) is 2.75. The average Bonchev–Trinajstić information content (AvgIpc) is 2.98. The van der Waals surface area contributed by atoms with Gasteiger partial charge in [0, 0.05) is 12.3 Å². The van der Waals surface area contributed by atoms with Gasteiger partial charge in [-0.1, -0.05) is 13.8 Å². The van der Waals surface area contributed by atoms with Crippen LogP contribution in [0.5, 0.6) is 0 Å². The molecule has 2 rings (SSSR count). The summed E-state index contributed by atoms with van der Waals surface area (Å²) >= 11 is 0. The summed E-state index contributed by atoms with van der Waals surface area (Å²) in [6.45, 7) is 5.36. The molecule has 1 aliphatic heterocycles. The van der Waals surface area contributed by atoms with Crippen molar-refractivity contribution < 1.29 is 18.8 Å². The third kappa shape index (κ3) is 5.98. The molecule has 0 saturated carbocycles. The Kier molecular flexibility index (Phi) is 7.38. The summed E-state index contributed by atoms with van der Waals surface area (Å²) in [5.74, 6) is 0.609. The number of aryl methyl sites for hydroxylation is 1. The maximum atomic E-state index is 12.5. The molecule has 2 heterocycles. The summed E-state index contributed by atoms with van der Waals surface area (Å²) in [6, 6.07) is 3.42. The zero-order chi connectivity index (χ0) is 19.1. The van der Waals surface area contributed by atoms with Gasteiger partial charge in [-0.25, -0.2) is 0 Å². The molecule has 1 fully saturated rings. The molecule has 1 aromatic rings. The van der Waals surface area contributed by atoms with Crippen LogP contribution in [0.4, 0.5) is 0 Å². The molecular formula is C19H28N3O4. The highest BCUT2D eigenvalue weighted by molar-refractivity contribution is 5.93. The number of likely N-dealkylation sites (tertiary alicyclic amines) is 1. The van der Waals surface area contributed by atoms with Crippen LogP contribution in [0.2, 0.25) is 0 Å². The number of amides is 2. The first-order valence-electron chi connectivity index (χ1n) is 9.14. The number of furan rings is 1. The number of primary amides is 1. The lowest BCUT2D eigenvalue weighted by Gasteiger charge is -2.18. The van der Waals surface area contributed by atoms with E-state index in [1.165, 1.54) is 6.42 Å². The zero-order valence-electron chi connectivity index (χ0n) is 15.5. The first-order valence-corrected chi connectivity index (χ1v) is 9.14. The van der Waals surface area contributed by atoms with Crippen molar-refractivity contribution in [2.75, 3.05) is 13.1 Å². The Balaban J connectivity index is 1.82. The summed E-state index contributed by atoms with van der Waals surface area (Å²) in [7, 11) is 0. The summed E-state index contributed by atoms with van der Waals surface area (Å²) in [6.07, 6.45) is 3.93. The van der Waals surface area contributed by atoms with Crippen molar-refractivity contribution in [3.8, 4) is 0 Å². The van der Waals surface area contributed by atoms with Gasteiger partial charge in [0.05, 0.1) is 25.6 Å². The third-order valence-corrected chi connectivity index (χ3v) is 4.64. The van der Waals surface area contributed by atoms with Gasteiger partial charge < -0.3 is 15.5 Å². The SMILES string of the molecule is CCc1ccc(CN2CCC[C@H](NC(=O)[CH]CC(C)C(N)=O)C(=O)C2)o1. The van der Waals surface area contributed by atoms with Crippen LogP contribution in [0.1, 0.15) is 44.6 Å². The van der Waals surface area contributed by atoms with Crippen molar-refractivity contribution >= 4 is 17.6 Å². The van der Waals surface area contributed by atoms with Crippen LogP contribution in [0.15, 0.2) is 16.5 Å². The van der Waals surface area contributed by atoms with Gasteiger partial charge in [0.2, 0.25) is 11.8 Å². The Bertz CT molecular complexity index is 640. The maximum absolute atomic E-state index is 12.5. The van der Waals surface area contributed by atoms with Gasteiger partial charge in [0.1, 0.15) is 11.5 Å². The Morgan fingerprint density at radius 1 is 1.42 bits per heavy atom. The van der Waals surface area contributed by atoms with E-state index in [9.17, 15) is 14.4 Å². The highest BCUT2D eigenvalue weighted by Crippen LogP contribution is 2.15. The molecule has 1 radical (unpaired) electrons. The van der Waals surface area contributed by atoms with E-state index in [1.807, 2.05) is 24.0 Å². The van der Waals surface area contributed by atoms with Crippen LogP contribution >= 0.6 is 0 Å². The topological polar surface area (TPSA) is 106 Å². The molecule has 7 heteroatoms. The van der Waals surface area contributed by atoms with Crippen molar-refractivity contribution in [1.82, 2.24) is 10.2 Å². The van der Waals surface area contributed by atoms with Crippen molar-refractivity contribution in [2.24, 2.45) is 11.7 Å². The Morgan fingerprint density at radius 2 is 2.15 bits per heavy atom. The van der Waals surface area contributed by atoms with Crippen molar-refractivity contribution in [2.45, 2.75) is 52.1 Å². The van der Waals surface area contributed by atoms with Crippen LogP contribution in [0.25, 0.3) is 0 Å². The van der Waals surface area contributed by atoms with E-state index in [0.29, 0.717) is 13.0 Å². The van der Waals surface area contributed by atoms with E-state index in [2.05, 4.69) is 5.32 Å². The average molecular weight is 362 g/mol. The fourth-order valence-electron chi connectivity index (χ4n) is 2.93. The van der Waals surface area contributed by atoms with Crippen LogP contribution < -0.4 is 11.1 Å². The van der Waals surface area contributed by atoms with Gasteiger partial charge >= 0.3 is 0 Å². The molecule has 26 heavy (non-hydrogen) atoms. The number of carbonyl (C=O) groups excluding carboxylic acids is 3. The molecule has 143 valence electrons. The van der Waals surface area contributed by atoms with E-state index < -0.39 is 17.9 Å². The van der Waals surface area contributed by atoms with Crippen LogP contribution in [-0.4, -0.2) is 41.6 Å². The standard InChI is InChI=1S/C19H28N3O4/c1-3-14-7-8-15(26-14)11-22-10-4-5-16(17(23)12-22)21-18(24)9-6-13(2)19(20)25/h7-9,13,16H,3-6,10-12H2,1-2H3,(H2,20,25)(H,21,24)/t13?,16-/m0/s1. The number of nitrogens with two attached hydrogens (primary N) is 1. The number of hydrogen-bond donors (Lipinski definition) is 2. The molecule has 0 bridgehead atoms. The zero-order valence-corrected chi connectivity index (χ0v) is 15.5. The second kappa shape index (κ2) is 9.52. The Labute approximate surface area is 154 Å². The highest BCUT2D eigenvalue weighted by atomic mass is 16.3. The summed E-state index contributed by atoms with van der Waals surface area (Å²) in [4.78, 5) is 37.5. The van der Waals surface area contributed by atoms with Gasteiger partial charge in [-0.15, -0.1) is 0 Å². The summed E-state index contributed by atoms with van der Waals surface area (Å²) < 4.78 is 5.71. The second-order valence-corrected chi connectivity index (χ2v) is 6.85. The number of rotatable bonds is 8. The summed E-state index contributed by atoms with van der Waals surface area (Å²) in [5.41, 5.74) is 5.18. The molecule has 2 atom stereocenters. The van der Waals surface area contributed by atoms with E-state index in [4.69, 9.17) is 10.2 Å². The minimum absolute atomic E-state index is 0.00512. The van der Waals surface area contributed by atoms with E-state index in [-0.39, 0.29) is 24.7 Å². The van der Waals surface area contributed by atoms with Crippen LogP contribution in [0, 0.1) is 12.3 Å². The van der Waals surface area contributed by atoms with Gasteiger partial charge in [0.15, 0.2) is 5.78 Å². The second-order valence-electron chi connectivity index (χ2n) is 6.85. The Hall–Kier alpha value is -2.15. The quantitative estimate of drug-likeness (QED) is 0.723. The van der Waals surface area contributed by atoms with Crippen molar-refractivity contribution in [3.63, 3.8) is 0 Å². The molecule has 0 aromatic carbocycles. The van der Waals surface area contributed by atoms with Gasteiger partial charge in [0.25, 0.3) is 0 Å². The predicted molar refractivity (Wildman–Crippen MR) is 96.8 cm³/mol. The third-order valence-electron chi connectivity index (χ3n) is 4.64. The van der Waals surface area contributed by atoms with E-state index in [0.717, 1.165) is 30.9 Å². The lowest BCUT2D eigenvalue weighted by molar-refractivity contribution is -0.127. The van der Waals surface area contributed by atoms with Crippen LogP contribution in [-0.2, 0) is 27.3 Å². The number of Topliss-reactive ketones (excluding diaryl/α,β-unsaturated/α-hetero) is 1. The molecular weight excluding hydrogens is 334 g/mol. The molecule has 1 aliphatic rings. The number of nitrogens with zero attached hydrogens (tertiary/aromatic N) is 1. The van der Waals surface area contributed by atoms with Crippen LogP contribution in [0.3, 0.4) is 0 Å². The molecule has 0 aliphatic carbocycles. The van der Waals surface area contributed by atoms with E-state index in [1.54, 1.807) is 6.92 Å². The van der Waals surface area contributed by atoms with Gasteiger partial charge in [-0.2, -0.15) is 0 Å². The van der Waals surface area contributed by atoms with Crippen molar-refractivity contribution in [3.05, 3.63) is 30.1 Å². The lowest BCUT2D eigenvalue weighted by atomic mass is 10.0.